The molecule has 35 heavy (non-hydrogen) atoms. The zero-order valence-electron chi connectivity index (χ0n) is 19.3. The van der Waals surface area contributed by atoms with Crippen molar-refractivity contribution in [1.82, 2.24) is 10.6 Å². The van der Waals surface area contributed by atoms with Crippen LogP contribution >= 0.6 is 28.1 Å². The van der Waals surface area contributed by atoms with Crippen molar-refractivity contribution in [3.05, 3.63) is 69.3 Å². The van der Waals surface area contributed by atoms with Crippen LogP contribution in [-0.2, 0) is 19.1 Å². The minimum Gasteiger partial charge on any atom is -0.483 e. The number of carbonyl (C=O) groups is 3. The van der Waals surface area contributed by atoms with Crippen LogP contribution in [-0.4, -0.2) is 43.3 Å². The highest BCUT2D eigenvalue weighted by atomic mass is 79.9. The maximum Gasteiger partial charge on any atom is 0.338 e. The molecule has 0 aromatic heterocycles. The summed E-state index contributed by atoms with van der Waals surface area (Å²) in [6.07, 6.45) is 0. The Morgan fingerprint density at radius 2 is 1.83 bits per heavy atom. The number of amides is 1. The lowest BCUT2D eigenvalue weighted by Crippen LogP contribution is -2.45. The molecule has 0 saturated heterocycles. The van der Waals surface area contributed by atoms with Crippen LogP contribution in [0.1, 0.15) is 35.8 Å². The summed E-state index contributed by atoms with van der Waals surface area (Å²) in [4.78, 5) is 36.8. The molecule has 0 radical (unpaired) electrons. The molecule has 11 heteroatoms. The predicted octanol–water partition coefficient (Wildman–Crippen LogP) is 3.61. The molecule has 2 aromatic rings. The smallest absolute Gasteiger partial charge is 0.338 e. The first-order valence-corrected chi connectivity index (χ1v) is 11.8. The number of benzene rings is 2. The summed E-state index contributed by atoms with van der Waals surface area (Å²) < 4.78 is 16.5. The number of anilines is 1. The van der Waals surface area contributed by atoms with Crippen LogP contribution in [0.15, 0.2) is 58.2 Å². The standard InChI is InChI=1S/C24H24BrN3O6S/c1-4-33-22(30)14-5-8-16(9-6-14)27-19(29)12-34-18-10-7-15(25)11-17(18)21-20(23(31)32-3)13(2)26-24(35)28-21/h5-11,21H,4,12H2,1-3H3,(H,27,29)(H2,26,28,35)/t21-/m0/s1. The molecule has 0 aliphatic carbocycles. The fraction of sp³-hybridized carbons (Fsp3) is 0.250. The van der Waals surface area contributed by atoms with Crippen LogP contribution < -0.4 is 20.7 Å². The average Bonchev–Trinajstić information content (AvgIpc) is 2.83. The molecule has 0 saturated carbocycles. The van der Waals surface area contributed by atoms with E-state index in [1.807, 2.05) is 0 Å². The Bertz CT molecular complexity index is 1180. The van der Waals surface area contributed by atoms with Crippen LogP contribution in [0.4, 0.5) is 5.69 Å². The minimum absolute atomic E-state index is 0.280. The number of methoxy groups -OCH3 is 1. The second kappa shape index (κ2) is 11.8. The molecule has 0 bridgehead atoms. The number of rotatable bonds is 8. The summed E-state index contributed by atoms with van der Waals surface area (Å²) in [5.41, 5.74) is 2.38. The van der Waals surface area contributed by atoms with Gasteiger partial charge in [-0.1, -0.05) is 15.9 Å². The van der Waals surface area contributed by atoms with Crippen molar-refractivity contribution >= 4 is 56.8 Å². The van der Waals surface area contributed by atoms with Gasteiger partial charge in [0.05, 0.1) is 30.9 Å². The maximum atomic E-state index is 12.5. The third kappa shape index (κ3) is 6.58. The highest BCUT2D eigenvalue weighted by Crippen LogP contribution is 2.35. The topological polar surface area (TPSA) is 115 Å². The molecule has 1 atom stereocenters. The molecule has 1 aliphatic rings. The molecule has 1 heterocycles. The summed E-state index contributed by atoms with van der Waals surface area (Å²) in [5.74, 6) is -0.975. The maximum absolute atomic E-state index is 12.5. The fourth-order valence-corrected chi connectivity index (χ4v) is 4.08. The zero-order valence-corrected chi connectivity index (χ0v) is 21.7. The van der Waals surface area contributed by atoms with Gasteiger partial charge in [-0.3, -0.25) is 4.79 Å². The van der Waals surface area contributed by atoms with Gasteiger partial charge >= 0.3 is 11.9 Å². The van der Waals surface area contributed by atoms with Gasteiger partial charge in [-0.05, 0) is 68.5 Å². The van der Waals surface area contributed by atoms with Crippen LogP contribution in [0.25, 0.3) is 0 Å². The van der Waals surface area contributed by atoms with Crippen LogP contribution in [0, 0.1) is 0 Å². The fourth-order valence-electron chi connectivity index (χ4n) is 3.43. The van der Waals surface area contributed by atoms with Crippen molar-refractivity contribution in [2.75, 3.05) is 25.6 Å². The summed E-state index contributed by atoms with van der Waals surface area (Å²) >= 11 is 8.72. The van der Waals surface area contributed by atoms with Crippen LogP contribution in [0.2, 0.25) is 0 Å². The van der Waals surface area contributed by atoms with E-state index in [-0.39, 0.29) is 13.2 Å². The third-order valence-electron chi connectivity index (χ3n) is 5.00. The van der Waals surface area contributed by atoms with Gasteiger partial charge < -0.3 is 30.2 Å². The Hall–Kier alpha value is -3.44. The zero-order chi connectivity index (χ0) is 25.5. The molecule has 1 aliphatic heterocycles. The van der Waals surface area contributed by atoms with Gasteiger partial charge in [0.15, 0.2) is 11.7 Å². The first kappa shape index (κ1) is 26.2. The second-order valence-corrected chi connectivity index (χ2v) is 8.70. The highest BCUT2D eigenvalue weighted by molar-refractivity contribution is 9.10. The average molecular weight is 562 g/mol. The van der Waals surface area contributed by atoms with Gasteiger partial charge in [0, 0.05) is 21.4 Å². The van der Waals surface area contributed by atoms with Crippen molar-refractivity contribution in [2.24, 2.45) is 0 Å². The van der Waals surface area contributed by atoms with Gasteiger partial charge in [0.2, 0.25) is 0 Å². The van der Waals surface area contributed by atoms with E-state index in [2.05, 4.69) is 31.9 Å². The molecule has 0 unspecified atom stereocenters. The number of carbonyl (C=O) groups excluding carboxylic acids is 3. The Balaban J connectivity index is 1.75. The molecular formula is C24H24BrN3O6S. The summed E-state index contributed by atoms with van der Waals surface area (Å²) in [5, 5.41) is 9.06. The second-order valence-electron chi connectivity index (χ2n) is 7.38. The Kier molecular flexibility index (Phi) is 8.83. The summed E-state index contributed by atoms with van der Waals surface area (Å²) in [7, 11) is 1.30. The Labute approximate surface area is 216 Å². The largest absolute Gasteiger partial charge is 0.483 e. The molecule has 3 N–H and O–H groups in total. The lowest BCUT2D eigenvalue weighted by atomic mass is 9.95. The number of halogens is 1. The lowest BCUT2D eigenvalue weighted by Gasteiger charge is -2.30. The van der Waals surface area contributed by atoms with Crippen LogP contribution in [0.3, 0.4) is 0 Å². The number of esters is 2. The van der Waals surface area contributed by atoms with E-state index >= 15 is 0 Å². The molecule has 184 valence electrons. The molecule has 1 amide bonds. The van der Waals surface area contributed by atoms with Crippen molar-refractivity contribution < 1.29 is 28.6 Å². The summed E-state index contributed by atoms with van der Waals surface area (Å²) in [6.45, 7) is 3.44. The van der Waals surface area contributed by atoms with Gasteiger partial charge in [0.1, 0.15) is 5.75 Å². The number of allylic oxidation sites excluding steroid dienone is 1. The number of ether oxygens (including phenoxy) is 3. The molecule has 9 nitrogen and oxygen atoms in total. The van der Waals surface area contributed by atoms with E-state index in [9.17, 15) is 14.4 Å². The summed E-state index contributed by atoms with van der Waals surface area (Å²) in [6, 6.07) is 10.9. The van der Waals surface area contributed by atoms with E-state index in [4.69, 9.17) is 26.4 Å². The van der Waals surface area contributed by atoms with E-state index in [0.29, 0.717) is 38.9 Å². The minimum atomic E-state index is -0.651. The Morgan fingerprint density at radius 1 is 1.11 bits per heavy atom. The molecule has 2 aromatic carbocycles. The first-order valence-electron chi connectivity index (χ1n) is 10.6. The van der Waals surface area contributed by atoms with Gasteiger partial charge in [-0.15, -0.1) is 0 Å². The molecular weight excluding hydrogens is 538 g/mol. The van der Waals surface area contributed by atoms with Crippen molar-refractivity contribution in [3.63, 3.8) is 0 Å². The Morgan fingerprint density at radius 3 is 2.49 bits per heavy atom. The van der Waals surface area contributed by atoms with E-state index in [0.717, 1.165) is 4.47 Å². The highest BCUT2D eigenvalue weighted by Gasteiger charge is 2.32. The van der Waals surface area contributed by atoms with Crippen molar-refractivity contribution in [1.29, 1.82) is 0 Å². The quantitative estimate of drug-likeness (QED) is 0.328. The molecule has 0 spiro atoms. The number of hydrogen-bond acceptors (Lipinski definition) is 7. The van der Waals surface area contributed by atoms with Gasteiger partial charge in [-0.2, -0.15) is 0 Å². The third-order valence-corrected chi connectivity index (χ3v) is 5.71. The van der Waals surface area contributed by atoms with E-state index in [1.165, 1.54) is 7.11 Å². The normalized spacial score (nSPS) is 15.0. The predicted molar refractivity (Wildman–Crippen MR) is 137 cm³/mol. The van der Waals surface area contributed by atoms with E-state index in [1.54, 1.807) is 56.3 Å². The lowest BCUT2D eigenvalue weighted by molar-refractivity contribution is -0.136. The first-order chi connectivity index (χ1) is 16.7. The van der Waals surface area contributed by atoms with Crippen LogP contribution in [0.5, 0.6) is 5.75 Å². The molecule has 3 rings (SSSR count). The number of thiocarbonyl (C=S) groups is 1. The number of hydrogen-bond donors (Lipinski definition) is 3. The van der Waals surface area contributed by atoms with E-state index < -0.39 is 23.9 Å². The van der Waals surface area contributed by atoms with Gasteiger partial charge in [-0.25, -0.2) is 9.59 Å². The van der Waals surface area contributed by atoms with Gasteiger partial charge in [0.25, 0.3) is 5.91 Å². The molecule has 0 fully saturated rings. The monoisotopic (exact) mass is 561 g/mol. The number of nitrogens with one attached hydrogen (secondary N) is 3. The SMILES string of the molecule is CCOC(=O)c1ccc(NC(=O)COc2ccc(Br)cc2[C@@H]2NC(=S)NC(C)=C2C(=O)OC)cc1. The van der Waals surface area contributed by atoms with Crippen molar-refractivity contribution in [2.45, 2.75) is 19.9 Å². The van der Waals surface area contributed by atoms with Crippen molar-refractivity contribution in [3.8, 4) is 5.75 Å².